The van der Waals surface area contributed by atoms with Crippen molar-refractivity contribution in [1.29, 1.82) is 0 Å². The molecule has 1 N–H and O–H groups in total. The number of hydrogen-bond acceptors (Lipinski definition) is 3. The maximum Gasteiger partial charge on any atom is 0.126 e. The predicted molar refractivity (Wildman–Crippen MR) is 65.8 cm³/mol. The normalized spacial score (nSPS) is 17.7. The van der Waals surface area contributed by atoms with E-state index in [2.05, 4.69) is 36.3 Å². The number of nitrogens with zero attached hydrogens (tertiary/aromatic N) is 1. The van der Waals surface area contributed by atoms with Gasteiger partial charge in [0.15, 0.2) is 0 Å². The molecule has 3 nitrogen and oxygen atoms in total. The lowest BCUT2D eigenvalue weighted by atomic mass is 10.0. The molecule has 1 aromatic rings. The number of nitrogens with one attached hydrogen (secondary N) is 1. The molecule has 0 spiro atoms. The molecular weight excluding hydrogens is 200 g/mol. The van der Waals surface area contributed by atoms with Crippen LogP contribution in [0.2, 0.25) is 0 Å². The standard InChI is InChI=1S/C13H20N2O/c1-10(2)11-3-6-14-13(9-11)15-12-4-7-16-8-5-12/h3,6,9-10,12H,4-5,7-8H2,1-2H3,(H,14,15). The second-order valence-electron chi connectivity index (χ2n) is 4.66. The number of anilines is 1. The van der Waals surface area contributed by atoms with Gasteiger partial charge in [-0.25, -0.2) is 4.98 Å². The Bertz CT molecular complexity index is 332. The molecule has 0 atom stereocenters. The Hall–Kier alpha value is -1.09. The monoisotopic (exact) mass is 220 g/mol. The molecule has 1 aromatic heterocycles. The molecule has 0 aliphatic carbocycles. The molecule has 2 heterocycles. The summed E-state index contributed by atoms with van der Waals surface area (Å²) < 4.78 is 5.34. The number of aromatic nitrogens is 1. The van der Waals surface area contributed by atoms with Crippen molar-refractivity contribution in [3.05, 3.63) is 23.9 Å². The van der Waals surface area contributed by atoms with E-state index in [9.17, 15) is 0 Å². The first-order valence-electron chi connectivity index (χ1n) is 6.06. The summed E-state index contributed by atoms with van der Waals surface area (Å²) in [6.07, 6.45) is 4.04. The SMILES string of the molecule is CC(C)c1ccnc(NC2CCOCC2)c1. The maximum atomic E-state index is 5.34. The Labute approximate surface area is 97.2 Å². The minimum absolute atomic E-state index is 0.517. The molecule has 3 heteroatoms. The first kappa shape index (κ1) is 11.4. The van der Waals surface area contributed by atoms with Gasteiger partial charge in [-0.05, 0) is 36.5 Å². The van der Waals surface area contributed by atoms with Gasteiger partial charge in [-0.15, -0.1) is 0 Å². The first-order chi connectivity index (χ1) is 7.75. The van der Waals surface area contributed by atoms with E-state index in [1.807, 2.05) is 6.20 Å². The van der Waals surface area contributed by atoms with Crippen molar-refractivity contribution in [2.24, 2.45) is 0 Å². The Morgan fingerprint density at radius 1 is 1.38 bits per heavy atom. The van der Waals surface area contributed by atoms with Crippen LogP contribution in [0.5, 0.6) is 0 Å². The van der Waals surface area contributed by atoms with E-state index in [1.54, 1.807) is 0 Å². The number of ether oxygens (including phenoxy) is 1. The molecule has 1 fully saturated rings. The van der Waals surface area contributed by atoms with E-state index >= 15 is 0 Å². The van der Waals surface area contributed by atoms with Crippen LogP contribution in [0, 0.1) is 0 Å². The van der Waals surface area contributed by atoms with Crippen molar-refractivity contribution in [3.8, 4) is 0 Å². The number of pyridine rings is 1. The molecule has 1 aliphatic heterocycles. The van der Waals surface area contributed by atoms with Gasteiger partial charge in [-0.2, -0.15) is 0 Å². The van der Waals surface area contributed by atoms with E-state index in [4.69, 9.17) is 4.74 Å². The summed E-state index contributed by atoms with van der Waals surface area (Å²) in [5.41, 5.74) is 1.34. The molecule has 2 rings (SSSR count). The Morgan fingerprint density at radius 3 is 2.81 bits per heavy atom. The lowest BCUT2D eigenvalue weighted by Crippen LogP contribution is -2.28. The number of rotatable bonds is 3. The predicted octanol–water partition coefficient (Wildman–Crippen LogP) is 2.80. The fourth-order valence-electron chi connectivity index (χ4n) is 1.94. The summed E-state index contributed by atoms with van der Waals surface area (Å²) in [6.45, 7) is 6.13. The second-order valence-corrected chi connectivity index (χ2v) is 4.66. The molecule has 1 saturated heterocycles. The topological polar surface area (TPSA) is 34.2 Å². The molecule has 16 heavy (non-hydrogen) atoms. The molecule has 88 valence electrons. The van der Waals surface area contributed by atoms with Crippen molar-refractivity contribution in [2.45, 2.75) is 38.6 Å². The van der Waals surface area contributed by atoms with Crippen LogP contribution < -0.4 is 5.32 Å². The average molecular weight is 220 g/mol. The van der Waals surface area contributed by atoms with Crippen LogP contribution in [-0.4, -0.2) is 24.2 Å². The van der Waals surface area contributed by atoms with E-state index in [0.29, 0.717) is 12.0 Å². The van der Waals surface area contributed by atoms with Crippen LogP contribution in [0.25, 0.3) is 0 Å². The minimum Gasteiger partial charge on any atom is -0.381 e. The van der Waals surface area contributed by atoms with Crippen molar-refractivity contribution >= 4 is 5.82 Å². The van der Waals surface area contributed by atoms with Gasteiger partial charge in [0.1, 0.15) is 5.82 Å². The highest BCUT2D eigenvalue weighted by molar-refractivity contribution is 5.39. The van der Waals surface area contributed by atoms with Crippen LogP contribution in [0.1, 0.15) is 38.2 Å². The molecule has 0 bridgehead atoms. The molecular formula is C13H20N2O. The summed E-state index contributed by atoms with van der Waals surface area (Å²) in [7, 11) is 0. The van der Waals surface area contributed by atoms with Crippen LogP contribution in [-0.2, 0) is 4.74 Å². The molecule has 0 aromatic carbocycles. The van der Waals surface area contributed by atoms with Gasteiger partial charge in [0.25, 0.3) is 0 Å². The maximum absolute atomic E-state index is 5.34. The van der Waals surface area contributed by atoms with Gasteiger partial charge in [0.2, 0.25) is 0 Å². The molecule has 0 amide bonds. The first-order valence-corrected chi connectivity index (χ1v) is 6.06. The van der Waals surface area contributed by atoms with Crippen LogP contribution in [0.3, 0.4) is 0 Å². The molecule has 0 radical (unpaired) electrons. The van der Waals surface area contributed by atoms with Crippen molar-refractivity contribution in [2.75, 3.05) is 18.5 Å². The lowest BCUT2D eigenvalue weighted by Gasteiger charge is -2.23. The van der Waals surface area contributed by atoms with Crippen molar-refractivity contribution in [1.82, 2.24) is 4.98 Å². The van der Waals surface area contributed by atoms with Crippen molar-refractivity contribution in [3.63, 3.8) is 0 Å². The van der Waals surface area contributed by atoms with E-state index in [-0.39, 0.29) is 0 Å². The zero-order valence-corrected chi connectivity index (χ0v) is 10.1. The quantitative estimate of drug-likeness (QED) is 0.850. The van der Waals surface area contributed by atoms with Gasteiger partial charge in [-0.3, -0.25) is 0 Å². The smallest absolute Gasteiger partial charge is 0.126 e. The molecule has 0 unspecified atom stereocenters. The summed E-state index contributed by atoms with van der Waals surface area (Å²) in [5.74, 6) is 1.55. The fourth-order valence-corrected chi connectivity index (χ4v) is 1.94. The third-order valence-electron chi connectivity index (χ3n) is 3.02. The third-order valence-corrected chi connectivity index (χ3v) is 3.02. The average Bonchev–Trinajstić information content (AvgIpc) is 2.30. The largest absolute Gasteiger partial charge is 0.381 e. The zero-order chi connectivity index (χ0) is 11.4. The van der Waals surface area contributed by atoms with Gasteiger partial charge in [0, 0.05) is 25.5 Å². The zero-order valence-electron chi connectivity index (χ0n) is 10.1. The van der Waals surface area contributed by atoms with Crippen LogP contribution in [0.4, 0.5) is 5.82 Å². The minimum atomic E-state index is 0.517. The molecule has 0 saturated carbocycles. The van der Waals surface area contributed by atoms with Gasteiger partial charge in [-0.1, -0.05) is 13.8 Å². The number of hydrogen-bond donors (Lipinski definition) is 1. The fraction of sp³-hybridized carbons (Fsp3) is 0.615. The van der Waals surface area contributed by atoms with Gasteiger partial charge in [0.05, 0.1) is 0 Å². The highest BCUT2D eigenvalue weighted by Gasteiger charge is 2.13. The summed E-state index contributed by atoms with van der Waals surface area (Å²) in [4.78, 5) is 4.36. The summed E-state index contributed by atoms with van der Waals surface area (Å²) >= 11 is 0. The summed E-state index contributed by atoms with van der Waals surface area (Å²) in [6, 6.07) is 4.75. The van der Waals surface area contributed by atoms with Crippen LogP contribution in [0.15, 0.2) is 18.3 Å². The van der Waals surface area contributed by atoms with Crippen LogP contribution >= 0.6 is 0 Å². The third kappa shape index (κ3) is 2.95. The highest BCUT2D eigenvalue weighted by Crippen LogP contribution is 2.18. The Kier molecular flexibility index (Phi) is 3.78. The highest BCUT2D eigenvalue weighted by atomic mass is 16.5. The van der Waals surface area contributed by atoms with E-state index in [0.717, 1.165) is 31.9 Å². The Balaban J connectivity index is 2.00. The van der Waals surface area contributed by atoms with E-state index in [1.165, 1.54) is 5.56 Å². The Morgan fingerprint density at radius 2 is 2.12 bits per heavy atom. The van der Waals surface area contributed by atoms with Crippen molar-refractivity contribution < 1.29 is 4.74 Å². The second kappa shape index (κ2) is 5.30. The lowest BCUT2D eigenvalue weighted by molar-refractivity contribution is 0.0904. The molecule has 1 aliphatic rings. The van der Waals surface area contributed by atoms with E-state index < -0.39 is 0 Å². The summed E-state index contributed by atoms with van der Waals surface area (Å²) in [5, 5.41) is 3.49. The van der Waals surface area contributed by atoms with Gasteiger partial charge >= 0.3 is 0 Å². The van der Waals surface area contributed by atoms with Gasteiger partial charge < -0.3 is 10.1 Å².